The molecule has 1 heterocycles. The normalized spacial score (nSPS) is 28.8. The van der Waals surface area contributed by atoms with Crippen molar-refractivity contribution in [1.82, 2.24) is 9.62 Å². The van der Waals surface area contributed by atoms with Gasteiger partial charge in [0.1, 0.15) is 16.5 Å². The molecule has 144 valence electrons. The zero-order valence-electron chi connectivity index (χ0n) is 15.1. The molecule has 0 radical (unpaired) electrons. The standard InChI is InChI=1S/C18H24F2N2O3S/c1-10(2)22-16-6-11(3)14(13(16)8-18(22)23)9-21-26(24,25)17-5-4-12(19)7-15(17)20/h4-5,7,10-11,13-14,16,21H,6,8-9H2,1-3H3/t11-,13-,14+,16+/m0/s1. The molecule has 2 fully saturated rings. The second-order valence-corrected chi connectivity index (χ2v) is 9.37. The highest BCUT2D eigenvalue weighted by atomic mass is 32.2. The van der Waals surface area contributed by atoms with Crippen LogP contribution in [-0.2, 0) is 14.8 Å². The molecule has 0 unspecified atom stereocenters. The number of benzene rings is 1. The third kappa shape index (κ3) is 3.36. The molecule has 1 saturated heterocycles. The Morgan fingerprint density at radius 1 is 1.31 bits per heavy atom. The second kappa shape index (κ2) is 6.88. The number of rotatable bonds is 5. The van der Waals surface area contributed by atoms with E-state index in [1.54, 1.807) is 0 Å². The lowest BCUT2D eigenvalue weighted by Gasteiger charge is -2.28. The van der Waals surface area contributed by atoms with Crippen LogP contribution in [0.1, 0.15) is 33.6 Å². The minimum Gasteiger partial charge on any atom is -0.337 e. The molecule has 1 aromatic carbocycles. The summed E-state index contributed by atoms with van der Waals surface area (Å²) in [4.78, 5) is 13.6. The van der Waals surface area contributed by atoms with Crippen molar-refractivity contribution in [3.63, 3.8) is 0 Å². The average molecular weight is 386 g/mol. The quantitative estimate of drug-likeness (QED) is 0.846. The Balaban J connectivity index is 1.74. The highest BCUT2D eigenvalue weighted by Crippen LogP contribution is 2.46. The summed E-state index contributed by atoms with van der Waals surface area (Å²) >= 11 is 0. The van der Waals surface area contributed by atoms with E-state index in [0.717, 1.165) is 18.6 Å². The van der Waals surface area contributed by atoms with E-state index in [-0.39, 0.29) is 42.3 Å². The molecule has 1 saturated carbocycles. The summed E-state index contributed by atoms with van der Waals surface area (Å²) in [6.07, 6.45) is 1.26. The number of hydrogen-bond acceptors (Lipinski definition) is 3. The molecular formula is C18H24F2N2O3S. The van der Waals surface area contributed by atoms with Gasteiger partial charge in [-0.3, -0.25) is 4.79 Å². The van der Waals surface area contributed by atoms with E-state index < -0.39 is 26.6 Å². The Kier molecular flexibility index (Phi) is 5.09. The van der Waals surface area contributed by atoms with Gasteiger partial charge in [0, 0.05) is 31.1 Å². The van der Waals surface area contributed by atoms with Gasteiger partial charge in [0.25, 0.3) is 0 Å². The van der Waals surface area contributed by atoms with Crippen molar-refractivity contribution >= 4 is 15.9 Å². The second-order valence-electron chi connectivity index (χ2n) is 7.63. The van der Waals surface area contributed by atoms with Gasteiger partial charge in [-0.15, -0.1) is 0 Å². The highest BCUT2D eigenvalue weighted by molar-refractivity contribution is 7.89. The summed E-state index contributed by atoms with van der Waals surface area (Å²) < 4.78 is 54.1. The molecule has 3 rings (SSSR count). The van der Waals surface area contributed by atoms with E-state index >= 15 is 0 Å². The predicted molar refractivity (Wildman–Crippen MR) is 92.7 cm³/mol. The smallest absolute Gasteiger partial charge is 0.243 e. The van der Waals surface area contributed by atoms with E-state index in [0.29, 0.717) is 12.5 Å². The molecule has 8 heteroatoms. The van der Waals surface area contributed by atoms with Crippen LogP contribution in [-0.4, -0.2) is 37.9 Å². The van der Waals surface area contributed by atoms with Crippen LogP contribution in [0.2, 0.25) is 0 Å². The molecule has 0 spiro atoms. The Hall–Kier alpha value is -1.54. The third-order valence-electron chi connectivity index (χ3n) is 5.69. The molecular weight excluding hydrogens is 362 g/mol. The number of carbonyl (C=O) groups excluding carboxylic acids is 1. The average Bonchev–Trinajstić information content (AvgIpc) is 2.97. The fourth-order valence-electron chi connectivity index (χ4n) is 4.54. The van der Waals surface area contributed by atoms with E-state index in [9.17, 15) is 22.0 Å². The van der Waals surface area contributed by atoms with E-state index in [4.69, 9.17) is 0 Å². The molecule has 26 heavy (non-hydrogen) atoms. The molecule has 1 aliphatic heterocycles. The van der Waals surface area contributed by atoms with Crippen LogP contribution in [0.3, 0.4) is 0 Å². The Morgan fingerprint density at radius 2 is 2.00 bits per heavy atom. The minimum absolute atomic E-state index is 0.00554. The Labute approximate surface area is 152 Å². The fraction of sp³-hybridized carbons (Fsp3) is 0.611. The first kappa shape index (κ1) is 19.2. The summed E-state index contributed by atoms with van der Waals surface area (Å²) in [5.41, 5.74) is 0. The number of carbonyl (C=O) groups is 1. The molecule has 4 atom stereocenters. The van der Waals surface area contributed by atoms with Crippen LogP contribution < -0.4 is 4.72 Å². The number of nitrogens with one attached hydrogen (secondary N) is 1. The van der Waals surface area contributed by atoms with Crippen LogP contribution in [0.5, 0.6) is 0 Å². The molecule has 1 N–H and O–H groups in total. The maximum Gasteiger partial charge on any atom is 0.243 e. The van der Waals surface area contributed by atoms with Crippen LogP contribution in [0.4, 0.5) is 8.78 Å². The topological polar surface area (TPSA) is 66.5 Å². The van der Waals surface area contributed by atoms with Crippen molar-refractivity contribution in [1.29, 1.82) is 0 Å². The van der Waals surface area contributed by atoms with Crippen molar-refractivity contribution < 1.29 is 22.0 Å². The fourth-order valence-corrected chi connectivity index (χ4v) is 5.67. The molecule has 2 aliphatic rings. The lowest BCUT2D eigenvalue weighted by atomic mass is 9.89. The monoisotopic (exact) mass is 386 g/mol. The molecule has 0 bridgehead atoms. The van der Waals surface area contributed by atoms with E-state index in [1.807, 2.05) is 18.7 Å². The SMILES string of the molecule is CC(C)N1C(=O)C[C@H]2[C@H](CNS(=O)(=O)c3ccc(F)cc3F)[C@@H](C)C[C@H]21. The maximum atomic E-state index is 13.8. The van der Waals surface area contributed by atoms with Gasteiger partial charge in [0.05, 0.1) is 0 Å². The molecule has 1 aromatic rings. The van der Waals surface area contributed by atoms with Crippen molar-refractivity contribution in [2.75, 3.05) is 6.54 Å². The predicted octanol–water partition coefficient (Wildman–Crippen LogP) is 2.52. The molecule has 0 aromatic heterocycles. The minimum atomic E-state index is -4.08. The van der Waals surface area contributed by atoms with Crippen LogP contribution in [0.25, 0.3) is 0 Å². The van der Waals surface area contributed by atoms with Crippen LogP contribution in [0, 0.1) is 29.4 Å². The highest BCUT2D eigenvalue weighted by Gasteiger charge is 2.51. The van der Waals surface area contributed by atoms with Crippen LogP contribution >= 0.6 is 0 Å². The van der Waals surface area contributed by atoms with Gasteiger partial charge < -0.3 is 4.90 Å². The van der Waals surface area contributed by atoms with E-state index in [1.165, 1.54) is 0 Å². The maximum absolute atomic E-state index is 13.8. The molecule has 5 nitrogen and oxygen atoms in total. The largest absolute Gasteiger partial charge is 0.337 e. The number of fused-ring (bicyclic) bond motifs is 1. The van der Waals surface area contributed by atoms with Gasteiger partial charge in [-0.25, -0.2) is 21.9 Å². The van der Waals surface area contributed by atoms with Crippen molar-refractivity contribution in [3.05, 3.63) is 29.8 Å². The van der Waals surface area contributed by atoms with Gasteiger partial charge >= 0.3 is 0 Å². The first-order valence-electron chi connectivity index (χ1n) is 8.87. The zero-order chi connectivity index (χ0) is 19.2. The summed E-state index contributed by atoms with van der Waals surface area (Å²) in [6.45, 7) is 6.16. The third-order valence-corrected chi connectivity index (χ3v) is 7.15. The molecule has 1 amide bonds. The van der Waals surface area contributed by atoms with Gasteiger partial charge in [-0.05, 0) is 50.2 Å². The summed E-state index contributed by atoms with van der Waals surface area (Å²) in [5, 5.41) is 0. The number of nitrogens with zero attached hydrogens (tertiary/aromatic N) is 1. The zero-order valence-corrected chi connectivity index (χ0v) is 15.9. The Bertz CT molecular complexity index is 813. The number of hydrogen-bond donors (Lipinski definition) is 1. The summed E-state index contributed by atoms with van der Waals surface area (Å²) in [6, 6.07) is 2.65. The van der Waals surface area contributed by atoms with Crippen LogP contribution in [0.15, 0.2) is 23.1 Å². The van der Waals surface area contributed by atoms with Gasteiger partial charge in [0.15, 0.2) is 0 Å². The van der Waals surface area contributed by atoms with Gasteiger partial charge in [-0.1, -0.05) is 6.92 Å². The summed E-state index contributed by atoms with van der Waals surface area (Å²) in [5.74, 6) is -1.48. The molecule has 1 aliphatic carbocycles. The summed E-state index contributed by atoms with van der Waals surface area (Å²) in [7, 11) is -4.08. The number of sulfonamides is 1. The first-order valence-corrected chi connectivity index (χ1v) is 10.4. The van der Waals surface area contributed by atoms with Gasteiger partial charge in [-0.2, -0.15) is 0 Å². The number of halogens is 2. The first-order chi connectivity index (χ1) is 12.1. The van der Waals surface area contributed by atoms with Crippen molar-refractivity contribution in [2.45, 2.75) is 50.6 Å². The number of likely N-dealkylation sites (tertiary alicyclic amines) is 1. The van der Waals surface area contributed by atoms with E-state index in [2.05, 4.69) is 11.6 Å². The van der Waals surface area contributed by atoms with Gasteiger partial charge in [0.2, 0.25) is 15.9 Å². The van der Waals surface area contributed by atoms with Crippen molar-refractivity contribution in [3.8, 4) is 0 Å². The number of amides is 1. The lowest BCUT2D eigenvalue weighted by molar-refractivity contribution is -0.130. The Morgan fingerprint density at radius 3 is 2.62 bits per heavy atom. The lowest BCUT2D eigenvalue weighted by Crippen LogP contribution is -2.39. The van der Waals surface area contributed by atoms with Crippen molar-refractivity contribution in [2.24, 2.45) is 17.8 Å².